The largest absolute Gasteiger partial charge is 0.378 e. The van der Waals surface area contributed by atoms with Crippen LogP contribution in [0.4, 0.5) is 0 Å². The van der Waals surface area contributed by atoms with Crippen molar-refractivity contribution >= 4 is 16.4 Å². The fraction of sp³-hybridized carbons (Fsp3) is 0.333. The van der Waals surface area contributed by atoms with E-state index in [-0.39, 0.29) is 4.90 Å². The van der Waals surface area contributed by atoms with Crippen LogP contribution in [0.5, 0.6) is 0 Å². The molecule has 1 aliphatic heterocycles. The molecule has 2 rings (SSSR count). The van der Waals surface area contributed by atoms with Gasteiger partial charge in [0.25, 0.3) is 10.0 Å². The summed E-state index contributed by atoms with van der Waals surface area (Å²) in [4.78, 5) is 1.88. The summed E-state index contributed by atoms with van der Waals surface area (Å²) >= 11 is 0. The quantitative estimate of drug-likeness (QED) is 0.598. The lowest BCUT2D eigenvalue weighted by atomic mass is 10.2. The second-order valence-corrected chi connectivity index (χ2v) is 5.61. The molecule has 19 heavy (non-hydrogen) atoms. The summed E-state index contributed by atoms with van der Waals surface area (Å²) < 4.78 is 32.7. The Bertz CT molecular complexity index is 596. The molecule has 0 N–H and O–H groups in total. The molecule has 1 aromatic carbocycles. The third kappa shape index (κ3) is 3.53. The molecule has 0 amide bonds. The summed E-state index contributed by atoms with van der Waals surface area (Å²) in [6.45, 7) is 2.41. The van der Waals surface area contributed by atoms with E-state index in [2.05, 4.69) is 4.40 Å². The van der Waals surface area contributed by atoms with Crippen LogP contribution in [-0.2, 0) is 14.8 Å². The summed E-state index contributed by atoms with van der Waals surface area (Å²) in [5.41, 5.74) is 0.413. The second kappa shape index (κ2) is 5.82. The maximum Gasteiger partial charge on any atom is 0.283 e. The standard InChI is InChI=1S/C12H13N3O3S/c13-9-11-1-3-12(4-2-11)19(16,17)14-10-15-5-7-18-8-6-15/h1-4,10H,5-8H2/b14-10+. The Balaban J connectivity index is 2.12. The normalized spacial score (nSPS) is 16.5. The Morgan fingerprint density at radius 3 is 2.47 bits per heavy atom. The number of morpholine rings is 1. The number of ether oxygens (including phenoxy) is 1. The van der Waals surface area contributed by atoms with Gasteiger partial charge in [0.15, 0.2) is 0 Å². The molecule has 1 fully saturated rings. The first-order valence-corrected chi connectivity index (χ1v) is 7.18. The first kappa shape index (κ1) is 13.5. The van der Waals surface area contributed by atoms with Gasteiger partial charge in [-0.3, -0.25) is 0 Å². The van der Waals surface area contributed by atoms with Crippen molar-refractivity contribution in [2.24, 2.45) is 4.40 Å². The molecular formula is C12H13N3O3S. The van der Waals surface area contributed by atoms with Crippen molar-refractivity contribution < 1.29 is 13.2 Å². The molecule has 1 saturated heterocycles. The Morgan fingerprint density at radius 1 is 1.26 bits per heavy atom. The molecule has 1 aromatic rings. The summed E-state index contributed by atoms with van der Waals surface area (Å²) in [6, 6.07) is 7.60. The van der Waals surface area contributed by atoms with Gasteiger partial charge in [-0.2, -0.15) is 13.7 Å². The van der Waals surface area contributed by atoms with Gasteiger partial charge in [0, 0.05) is 13.1 Å². The van der Waals surface area contributed by atoms with Crippen molar-refractivity contribution in [2.45, 2.75) is 4.90 Å². The number of benzene rings is 1. The highest BCUT2D eigenvalue weighted by molar-refractivity contribution is 7.90. The Labute approximate surface area is 112 Å². The zero-order valence-electron chi connectivity index (χ0n) is 10.2. The van der Waals surface area contributed by atoms with Crippen molar-refractivity contribution in [3.8, 4) is 6.07 Å². The highest BCUT2D eigenvalue weighted by Gasteiger charge is 2.13. The zero-order chi connectivity index (χ0) is 13.7. The fourth-order valence-electron chi connectivity index (χ4n) is 1.58. The van der Waals surface area contributed by atoms with Crippen molar-refractivity contribution in [3.05, 3.63) is 29.8 Å². The second-order valence-electron chi connectivity index (χ2n) is 3.98. The van der Waals surface area contributed by atoms with Crippen LogP contribution in [0.3, 0.4) is 0 Å². The number of rotatable bonds is 3. The molecule has 0 saturated carbocycles. The van der Waals surface area contributed by atoms with Gasteiger partial charge in [-0.15, -0.1) is 4.40 Å². The van der Waals surface area contributed by atoms with Crippen molar-refractivity contribution in [2.75, 3.05) is 26.3 Å². The van der Waals surface area contributed by atoms with Crippen LogP contribution in [-0.4, -0.2) is 46.0 Å². The predicted molar refractivity (Wildman–Crippen MR) is 69.2 cm³/mol. The van der Waals surface area contributed by atoms with E-state index in [9.17, 15) is 8.42 Å². The summed E-state index contributed by atoms with van der Waals surface area (Å²) in [6.07, 6.45) is 1.33. The minimum absolute atomic E-state index is 0.0796. The lowest BCUT2D eigenvalue weighted by Crippen LogP contribution is -2.35. The van der Waals surface area contributed by atoms with E-state index < -0.39 is 10.0 Å². The molecule has 0 aromatic heterocycles. The van der Waals surface area contributed by atoms with E-state index in [1.54, 1.807) is 4.90 Å². The zero-order valence-corrected chi connectivity index (χ0v) is 11.0. The van der Waals surface area contributed by atoms with Gasteiger partial charge in [-0.05, 0) is 24.3 Å². The third-order valence-corrected chi connectivity index (χ3v) is 3.92. The van der Waals surface area contributed by atoms with Crippen molar-refractivity contribution in [1.82, 2.24) is 4.90 Å². The molecule has 100 valence electrons. The molecule has 0 bridgehead atoms. The number of nitrogens with zero attached hydrogens (tertiary/aromatic N) is 3. The van der Waals surface area contributed by atoms with E-state index in [4.69, 9.17) is 10.00 Å². The third-order valence-electron chi connectivity index (χ3n) is 2.68. The van der Waals surface area contributed by atoms with Gasteiger partial charge < -0.3 is 9.64 Å². The van der Waals surface area contributed by atoms with Crippen molar-refractivity contribution in [1.29, 1.82) is 5.26 Å². The number of sulfonamides is 1. The van der Waals surface area contributed by atoms with Gasteiger partial charge in [0.2, 0.25) is 0 Å². The summed E-state index contributed by atoms with van der Waals surface area (Å²) in [5, 5.41) is 8.66. The number of nitriles is 1. The van der Waals surface area contributed by atoms with Crippen LogP contribution >= 0.6 is 0 Å². The van der Waals surface area contributed by atoms with Crippen LogP contribution in [0.25, 0.3) is 0 Å². The van der Waals surface area contributed by atoms with Crippen LogP contribution in [0.1, 0.15) is 5.56 Å². The Kier molecular flexibility index (Phi) is 4.14. The molecule has 1 heterocycles. The minimum atomic E-state index is -3.71. The van der Waals surface area contributed by atoms with E-state index in [0.29, 0.717) is 31.9 Å². The summed E-state index contributed by atoms with van der Waals surface area (Å²) in [7, 11) is -3.71. The van der Waals surface area contributed by atoms with Gasteiger partial charge in [-0.1, -0.05) is 0 Å². The van der Waals surface area contributed by atoms with Crippen LogP contribution in [0.15, 0.2) is 33.6 Å². The molecule has 6 nitrogen and oxygen atoms in total. The molecule has 7 heteroatoms. The number of hydrogen-bond acceptors (Lipinski definition) is 4. The average molecular weight is 279 g/mol. The number of hydrogen-bond donors (Lipinski definition) is 0. The monoisotopic (exact) mass is 279 g/mol. The Morgan fingerprint density at radius 2 is 1.89 bits per heavy atom. The van der Waals surface area contributed by atoms with E-state index in [0.717, 1.165) is 0 Å². The SMILES string of the molecule is N#Cc1ccc(S(=O)(=O)/N=C/N2CCOCC2)cc1. The first-order valence-electron chi connectivity index (χ1n) is 5.74. The van der Waals surface area contributed by atoms with Gasteiger partial charge >= 0.3 is 0 Å². The van der Waals surface area contributed by atoms with E-state index in [1.165, 1.54) is 30.6 Å². The molecule has 0 atom stereocenters. The van der Waals surface area contributed by atoms with Gasteiger partial charge in [0.05, 0.1) is 29.7 Å². The summed E-state index contributed by atoms with van der Waals surface area (Å²) in [5.74, 6) is 0. The molecule has 0 unspecified atom stereocenters. The van der Waals surface area contributed by atoms with Crippen LogP contribution in [0.2, 0.25) is 0 Å². The highest BCUT2D eigenvalue weighted by Crippen LogP contribution is 2.13. The van der Waals surface area contributed by atoms with E-state index in [1.807, 2.05) is 6.07 Å². The van der Waals surface area contributed by atoms with Crippen LogP contribution < -0.4 is 0 Å². The van der Waals surface area contributed by atoms with Gasteiger partial charge in [-0.25, -0.2) is 0 Å². The molecule has 1 aliphatic rings. The molecular weight excluding hydrogens is 266 g/mol. The smallest absolute Gasteiger partial charge is 0.283 e. The topological polar surface area (TPSA) is 82.8 Å². The fourth-order valence-corrected chi connectivity index (χ4v) is 2.44. The maximum absolute atomic E-state index is 11.9. The predicted octanol–water partition coefficient (Wildman–Crippen LogP) is 0.607. The highest BCUT2D eigenvalue weighted by atomic mass is 32.2. The average Bonchev–Trinajstić information content (AvgIpc) is 2.46. The minimum Gasteiger partial charge on any atom is -0.378 e. The van der Waals surface area contributed by atoms with E-state index >= 15 is 0 Å². The molecule has 0 spiro atoms. The molecule has 0 aliphatic carbocycles. The van der Waals surface area contributed by atoms with Crippen molar-refractivity contribution in [3.63, 3.8) is 0 Å². The Hall–Kier alpha value is -1.91. The lowest BCUT2D eigenvalue weighted by molar-refractivity contribution is 0.0701. The maximum atomic E-state index is 11.9. The first-order chi connectivity index (χ1) is 9.12. The molecule has 0 radical (unpaired) electrons. The van der Waals surface area contributed by atoms with Gasteiger partial charge in [0.1, 0.15) is 6.34 Å². The van der Waals surface area contributed by atoms with Crippen LogP contribution in [0, 0.1) is 11.3 Å². The lowest BCUT2D eigenvalue weighted by Gasteiger charge is -2.23.